The van der Waals surface area contributed by atoms with E-state index >= 15 is 0 Å². The van der Waals surface area contributed by atoms with Crippen molar-refractivity contribution >= 4 is 29.4 Å². The van der Waals surface area contributed by atoms with Crippen LogP contribution < -0.4 is 10.6 Å². The number of hydrogen-bond acceptors (Lipinski definition) is 3. The van der Waals surface area contributed by atoms with E-state index in [1.165, 1.54) is 0 Å². The molecule has 1 saturated heterocycles. The third-order valence-electron chi connectivity index (χ3n) is 4.87. The van der Waals surface area contributed by atoms with E-state index in [0.717, 1.165) is 12.0 Å². The van der Waals surface area contributed by atoms with Gasteiger partial charge in [-0.25, -0.2) is 4.79 Å². The first kappa shape index (κ1) is 22.0. The van der Waals surface area contributed by atoms with Crippen molar-refractivity contribution in [3.05, 3.63) is 34.9 Å². The summed E-state index contributed by atoms with van der Waals surface area (Å²) in [5.74, 6) is -0.0560. The molecule has 1 heterocycles. The summed E-state index contributed by atoms with van der Waals surface area (Å²) in [7, 11) is 0. The number of nitrogens with zero attached hydrogens (tertiary/aromatic N) is 2. The highest BCUT2D eigenvalue weighted by Crippen LogP contribution is 2.16. The number of nitrogens with one attached hydrogen (secondary N) is 2. The van der Waals surface area contributed by atoms with E-state index in [1.807, 2.05) is 32.0 Å². The molecule has 0 aliphatic carbocycles. The van der Waals surface area contributed by atoms with E-state index in [0.29, 0.717) is 37.7 Å². The zero-order chi connectivity index (χ0) is 20.5. The first-order valence-corrected chi connectivity index (χ1v) is 10.1. The van der Waals surface area contributed by atoms with Crippen molar-refractivity contribution in [3.8, 4) is 0 Å². The summed E-state index contributed by atoms with van der Waals surface area (Å²) in [6.45, 7) is 6.18. The number of amides is 4. The molecule has 4 amide bonds. The first-order valence-electron chi connectivity index (χ1n) is 9.74. The van der Waals surface area contributed by atoms with Gasteiger partial charge in [-0.15, -0.1) is 0 Å². The molecule has 1 atom stereocenters. The van der Waals surface area contributed by atoms with Gasteiger partial charge in [0.15, 0.2) is 0 Å². The maximum Gasteiger partial charge on any atom is 0.317 e. The lowest BCUT2D eigenvalue weighted by molar-refractivity contribution is -0.131. The lowest BCUT2D eigenvalue weighted by Crippen LogP contribution is -2.53. The molecule has 8 heteroatoms. The second kappa shape index (κ2) is 10.9. The van der Waals surface area contributed by atoms with Gasteiger partial charge in [-0.2, -0.15) is 0 Å². The number of hydrogen-bond donors (Lipinski definition) is 2. The highest BCUT2D eigenvalue weighted by atomic mass is 35.5. The maximum atomic E-state index is 12.5. The Hall–Kier alpha value is -2.28. The highest BCUT2D eigenvalue weighted by molar-refractivity contribution is 6.31. The van der Waals surface area contributed by atoms with Gasteiger partial charge in [-0.1, -0.05) is 36.7 Å². The minimum absolute atomic E-state index is 0.00914. The Balaban J connectivity index is 1.69. The van der Waals surface area contributed by atoms with Crippen LogP contribution in [0.4, 0.5) is 4.79 Å². The molecule has 28 heavy (non-hydrogen) atoms. The summed E-state index contributed by atoms with van der Waals surface area (Å²) in [4.78, 5) is 39.9. The molecule has 7 nitrogen and oxygen atoms in total. The molecule has 1 aromatic carbocycles. The quantitative estimate of drug-likeness (QED) is 0.724. The molecular formula is C20H29ClN4O3. The largest absolute Gasteiger partial charge is 0.354 e. The van der Waals surface area contributed by atoms with Crippen LogP contribution in [0.15, 0.2) is 24.3 Å². The van der Waals surface area contributed by atoms with Crippen LogP contribution in [-0.2, 0) is 16.0 Å². The van der Waals surface area contributed by atoms with E-state index in [-0.39, 0.29) is 36.7 Å². The van der Waals surface area contributed by atoms with Gasteiger partial charge in [0.2, 0.25) is 11.8 Å². The molecule has 154 valence electrons. The molecule has 0 radical (unpaired) electrons. The van der Waals surface area contributed by atoms with E-state index in [2.05, 4.69) is 10.6 Å². The highest BCUT2D eigenvalue weighted by Gasteiger charge is 2.24. The number of urea groups is 1. The van der Waals surface area contributed by atoms with Crippen LogP contribution in [0.2, 0.25) is 5.02 Å². The second-order valence-corrected chi connectivity index (χ2v) is 7.40. The first-order chi connectivity index (χ1) is 13.4. The monoisotopic (exact) mass is 408 g/mol. The Morgan fingerprint density at radius 2 is 1.75 bits per heavy atom. The lowest BCUT2D eigenvalue weighted by atomic mass is 10.1. The predicted molar refractivity (Wildman–Crippen MR) is 109 cm³/mol. The van der Waals surface area contributed by atoms with Crippen molar-refractivity contribution in [1.29, 1.82) is 0 Å². The van der Waals surface area contributed by atoms with E-state index in [1.54, 1.807) is 15.9 Å². The molecule has 1 fully saturated rings. The Morgan fingerprint density at radius 1 is 1.11 bits per heavy atom. The van der Waals surface area contributed by atoms with Gasteiger partial charge in [0, 0.05) is 50.2 Å². The van der Waals surface area contributed by atoms with Crippen LogP contribution in [0.25, 0.3) is 0 Å². The van der Waals surface area contributed by atoms with Crippen LogP contribution in [0.1, 0.15) is 32.3 Å². The molecule has 2 N–H and O–H groups in total. The maximum absolute atomic E-state index is 12.5. The van der Waals surface area contributed by atoms with Gasteiger partial charge in [0.25, 0.3) is 0 Å². The summed E-state index contributed by atoms with van der Waals surface area (Å²) in [6, 6.07) is 7.26. The summed E-state index contributed by atoms with van der Waals surface area (Å²) in [6.07, 6.45) is 1.39. The van der Waals surface area contributed by atoms with Crippen LogP contribution >= 0.6 is 11.6 Å². The van der Waals surface area contributed by atoms with Crippen molar-refractivity contribution in [2.75, 3.05) is 32.7 Å². The third kappa shape index (κ3) is 6.71. The van der Waals surface area contributed by atoms with E-state index in [9.17, 15) is 14.4 Å². The van der Waals surface area contributed by atoms with Crippen LogP contribution in [-0.4, -0.2) is 66.4 Å². The van der Waals surface area contributed by atoms with Crippen molar-refractivity contribution in [1.82, 2.24) is 20.4 Å². The zero-order valence-corrected chi connectivity index (χ0v) is 17.3. The number of carbonyl (C=O) groups is 3. The van der Waals surface area contributed by atoms with Crippen molar-refractivity contribution < 1.29 is 14.4 Å². The summed E-state index contributed by atoms with van der Waals surface area (Å²) in [5.41, 5.74) is 0.810. The van der Waals surface area contributed by atoms with Gasteiger partial charge >= 0.3 is 6.03 Å². The predicted octanol–water partition coefficient (Wildman–Crippen LogP) is 2.04. The molecule has 0 spiro atoms. The number of carbonyl (C=O) groups excluding carboxylic acids is 3. The molecule has 2 rings (SSSR count). The molecule has 1 aliphatic heterocycles. The number of piperazine rings is 1. The summed E-state index contributed by atoms with van der Waals surface area (Å²) in [5, 5.41) is 6.23. The van der Waals surface area contributed by atoms with Gasteiger partial charge in [-0.05, 0) is 25.0 Å². The fourth-order valence-electron chi connectivity index (χ4n) is 2.92. The normalized spacial score (nSPS) is 15.1. The minimum atomic E-state index is -0.199. The van der Waals surface area contributed by atoms with Crippen molar-refractivity contribution in [2.45, 2.75) is 39.2 Å². The van der Waals surface area contributed by atoms with Crippen LogP contribution in [0.3, 0.4) is 0 Å². The summed E-state index contributed by atoms with van der Waals surface area (Å²) < 4.78 is 0. The molecular weight excluding hydrogens is 380 g/mol. The Bertz CT molecular complexity index is 690. The van der Waals surface area contributed by atoms with E-state index < -0.39 is 0 Å². The summed E-state index contributed by atoms with van der Waals surface area (Å²) >= 11 is 6.12. The van der Waals surface area contributed by atoms with Crippen LogP contribution in [0.5, 0.6) is 0 Å². The van der Waals surface area contributed by atoms with Crippen molar-refractivity contribution in [2.24, 2.45) is 0 Å². The molecule has 1 aliphatic rings. The molecule has 0 aromatic heterocycles. The SMILES string of the molecule is CCC(C)NC(=O)CCNC(=O)N1CCN(C(=O)Cc2ccccc2Cl)CC1. The third-order valence-corrected chi connectivity index (χ3v) is 5.24. The Morgan fingerprint density at radius 3 is 2.39 bits per heavy atom. The number of benzene rings is 1. The molecule has 0 bridgehead atoms. The van der Waals surface area contributed by atoms with Gasteiger partial charge in [0.1, 0.15) is 0 Å². The Labute approximate surface area is 171 Å². The minimum Gasteiger partial charge on any atom is -0.354 e. The molecule has 1 unspecified atom stereocenters. The standard InChI is InChI=1S/C20H29ClN4O3/c1-3-15(2)23-18(26)8-9-22-20(28)25-12-10-24(11-13-25)19(27)14-16-6-4-5-7-17(16)21/h4-7,15H,3,8-14H2,1-2H3,(H,22,28)(H,23,26). The lowest BCUT2D eigenvalue weighted by Gasteiger charge is -2.34. The molecule has 1 aromatic rings. The van der Waals surface area contributed by atoms with E-state index in [4.69, 9.17) is 11.6 Å². The Kier molecular flexibility index (Phi) is 8.57. The zero-order valence-electron chi connectivity index (χ0n) is 16.5. The fourth-order valence-corrected chi connectivity index (χ4v) is 3.12. The number of rotatable bonds is 7. The van der Waals surface area contributed by atoms with Crippen LogP contribution in [0, 0.1) is 0 Å². The van der Waals surface area contributed by atoms with Gasteiger partial charge in [0.05, 0.1) is 6.42 Å². The second-order valence-electron chi connectivity index (χ2n) is 6.99. The van der Waals surface area contributed by atoms with Crippen molar-refractivity contribution in [3.63, 3.8) is 0 Å². The van der Waals surface area contributed by atoms with Gasteiger partial charge in [-0.3, -0.25) is 9.59 Å². The molecule has 0 saturated carbocycles. The fraction of sp³-hybridized carbons (Fsp3) is 0.550. The number of halogens is 1. The smallest absolute Gasteiger partial charge is 0.317 e. The average Bonchev–Trinajstić information content (AvgIpc) is 2.69. The van der Waals surface area contributed by atoms with Gasteiger partial charge < -0.3 is 20.4 Å². The topological polar surface area (TPSA) is 81.8 Å². The average molecular weight is 409 g/mol.